The van der Waals surface area contributed by atoms with Crippen molar-refractivity contribution in [3.8, 4) is 17.1 Å². The maximum absolute atomic E-state index is 13.3. The maximum Gasteiger partial charge on any atom is 0.274 e. The van der Waals surface area contributed by atoms with E-state index in [1.165, 1.54) is 7.11 Å². The zero-order chi connectivity index (χ0) is 16.8. The first-order chi connectivity index (χ1) is 11.1. The lowest BCUT2D eigenvalue weighted by Gasteiger charge is -2.09. The number of hydrogen-bond acceptors (Lipinski definition) is 5. The van der Waals surface area contributed by atoms with Gasteiger partial charge in [-0.3, -0.25) is 4.79 Å². The van der Waals surface area contributed by atoms with Crippen molar-refractivity contribution < 1.29 is 23.1 Å². The van der Waals surface area contributed by atoms with Crippen LogP contribution in [0.15, 0.2) is 29.0 Å². The van der Waals surface area contributed by atoms with Crippen LogP contribution >= 0.6 is 11.6 Å². The highest BCUT2D eigenvalue weighted by atomic mass is 35.5. The van der Waals surface area contributed by atoms with Gasteiger partial charge >= 0.3 is 0 Å². The number of aromatic nitrogens is 1. The zero-order valence-corrected chi connectivity index (χ0v) is 13.4. The summed E-state index contributed by atoms with van der Waals surface area (Å²) in [7, 11) is 1.50. The molecule has 1 aromatic carbocycles. The summed E-state index contributed by atoms with van der Waals surface area (Å²) < 4.78 is 28.3. The van der Waals surface area contributed by atoms with Crippen LogP contribution in [-0.4, -0.2) is 37.5 Å². The standard InChI is InChI=1S/C15H16ClFN2O4/c1-3-22-12(17)7-18-15(20)13-14(23-8-19-13)9-4-5-11(21-2)10(16)6-9/h4-6,8,12H,3,7H2,1-2H3,(H,18,20)/i17-1. The summed E-state index contributed by atoms with van der Waals surface area (Å²) in [6.45, 7) is 1.61. The summed E-state index contributed by atoms with van der Waals surface area (Å²) in [6, 6.07) is 4.92. The fourth-order valence-electron chi connectivity index (χ4n) is 1.92. The third-order valence-corrected chi connectivity index (χ3v) is 3.26. The number of alkyl halides is 1. The number of hydrogen-bond donors (Lipinski definition) is 1. The summed E-state index contributed by atoms with van der Waals surface area (Å²) in [5.74, 6) is 0.167. The van der Waals surface area contributed by atoms with Crippen molar-refractivity contribution >= 4 is 17.5 Å². The average molecular weight is 342 g/mol. The van der Waals surface area contributed by atoms with Gasteiger partial charge in [0.05, 0.1) is 18.7 Å². The van der Waals surface area contributed by atoms with Crippen LogP contribution in [0.4, 0.5) is 4.39 Å². The van der Waals surface area contributed by atoms with Crippen molar-refractivity contribution in [2.24, 2.45) is 0 Å². The number of nitrogens with one attached hydrogen (secondary N) is 1. The van der Waals surface area contributed by atoms with Crippen molar-refractivity contribution in [2.45, 2.75) is 13.3 Å². The lowest BCUT2D eigenvalue weighted by Crippen LogP contribution is -2.32. The minimum Gasteiger partial charge on any atom is -0.495 e. The molecule has 23 heavy (non-hydrogen) atoms. The van der Waals surface area contributed by atoms with Crippen molar-refractivity contribution in [3.63, 3.8) is 0 Å². The van der Waals surface area contributed by atoms with Crippen molar-refractivity contribution in [1.82, 2.24) is 10.3 Å². The minimum atomic E-state index is -1.57. The summed E-state index contributed by atoms with van der Waals surface area (Å²) in [5, 5.41) is 2.77. The fourth-order valence-corrected chi connectivity index (χ4v) is 2.17. The number of ether oxygens (including phenoxy) is 2. The number of carbonyl (C=O) groups excluding carboxylic acids is 1. The molecule has 0 aliphatic carbocycles. The molecule has 0 fully saturated rings. The van der Waals surface area contributed by atoms with E-state index in [0.29, 0.717) is 16.3 Å². The van der Waals surface area contributed by atoms with E-state index in [1.54, 1.807) is 25.1 Å². The van der Waals surface area contributed by atoms with Gasteiger partial charge < -0.3 is 19.2 Å². The number of benzene rings is 1. The maximum atomic E-state index is 13.3. The molecule has 1 amide bonds. The molecule has 6 nitrogen and oxygen atoms in total. The van der Waals surface area contributed by atoms with Crippen molar-refractivity contribution in [1.29, 1.82) is 0 Å². The molecule has 1 unspecified atom stereocenters. The Balaban J connectivity index is 2.16. The average Bonchev–Trinajstić information content (AvgIpc) is 3.02. The van der Waals surface area contributed by atoms with Gasteiger partial charge in [0.25, 0.3) is 5.91 Å². The molecule has 0 saturated heterocycles. The summed E-state index contributed by atoms with van der Waals surface area (Å²) in [5.41, 5.74) is 0.593. The molecule has 2 rings (SSSR count). The second kappa shape index (κ2) is 7.94. The third-order valence-electron chi connectivity index (χ3n) is 2.97. The molecule has 0 spiro atoms. The van der Waals surface area contributed by atoms with E-state index in [9.17, 15) is 9.18 Å². The van der Waals surface area contributed by atoms with Gasteiger partial charge in [-0.15, -0.1) is 0 Å². The van der Waals surface area contributed by atoms with E-state index < -0.39 is 12.3 Å². The molecule has 0 radical (unpaired) electrons. The molecule has 2 aromatic rings. The van der Waals surface area contributed by atoms with Gasteiger partial charge in [-0.2, -0.15) is 0 Å². The molecule has 8 heteroatoms. The van der Waals surface area contributed by atoms with Crippen LogP contribution in [-0.2, 0) is 4.74 Å². The predicted octanol–water partition coefficient (Wildman–Crippen LogP) is 3.07. The van der Waals surface area contributed by atoms with Crippen LogP contribution in [0, 0.1) is 0 Å². The summed E-state index contributed by atoms with van der Waals surface area (Å²) in [6.07, 6.45) is -0.438. The number of carbonyl (C=O) groups is 1. The second-order valence-corrected chi connectivity index (χ2v) is 4.86. The van der Waals surface area contributed by atoms with E-state index in [2.05, 4.69) is 10.3 Å². The first-order valence-corrected chi connectivity index (χ1v) is 7.25. The van der Waals surface area contributed by atoms with E-state index in [4.69, 9.17) is 25.5 Å². The van der Waals surface area contributed by atoms with Gasteiger partial charge in [0.1, 0.15) is 5.75 Å². The summed E-state index contributed by atoms with van der Waals surface area (Å²) in [4.78, 5) is 16.0. The van der Waals surface area contributed by atoms with Crippen molar-refractivity contribution in [2.75, 3.05) is 20.3 Å². The lowest BCUT2D eigenvalue weighted by molar-refractivity contribution is -0.0293. The van der Waals surface area contributed by atoms with Gasteiger partial charge in [0.15, 0.2) is 17.8 Å². The Morgan fingerprint density at radius 3 is 2.96 bits per heavy atom. The molecule has 0 saturated carbocycles. The Hall–Kier alpha value is -2.12. The van der Waals surface area contributed by atoms with Crippen LogP contribution < -0.4 is 10.1 Å². The molecule has 1 atom stereocenters. The molecule has 0 aliphatic rings. The lowest BCUT2D eigenvalue weighted by atomic mass is 10.1. The van der Waals surface area contributed by atoms with Crippen LogP contribution in [0.2, 0.25) is 5.02 Å². The second-order valence-electron chi connectivity index (χ2n) is 4.45. The normalized spacial score (nSPS) is 12.0. The molecule has 124 valence electrons. The molecule has 0 aliphatic heterocycles. The highest BCUT2D eigenvalue weighted by Gasteiger charge is 2.20. The van der Waals surface area contributed by atoms with E-state index >= 15 is 0 Å². The van der Waals surface area contributed by atoms with Crippen molar-refractivity contribution in [3.05, 3.63) is 35.3 Å². The molecule has 1 aromatic heterocycles. The number of halogens is 2. The number of nitrogens with zero attached hydrogens (tertiary/aromatic N) is 1. The molecule has 0 bridgehead atoms. The van der Waals surface area contributed by atoms with Gasteiger partial charge in [-0.05, 0) is 25.1 Å². The van der Waals surface area contributed by atoms with Gasteiger partial charge in [-0.1, -0.05) is 11.6 Å². The fraction of sp³-hybridized carbons (Fsp3) is 0.333. The largest absolute Gasteiger partial charge is 0.495 e. The molecule has 1 heterocycles. The van der Waals surface area contributed by atoms with Gasteiger partial charge in [0.2, 0.25) is 6.36 Å². The first-order valence-electron chi connectivity index (χ1n) is 6.88. The first kappa shape index (κ1) is 17.2. The number of oxazole rings is 1. The van der Waals surface area contributed by atoms with Crippen LogP contribution in [0.25, 0.3) is 11.3 Å². The Morgan fingerprint density at radius 2 is 2.30 bits per heavy atom. The van der Waals surface area contributed by atoms with Crippen LogP contribution in [0.5, 0.6) is 5.75 Å². The Kier molecular flexibility index (Phi) is 5.95. The van der Waals surface area contributed by atoms with Gasteiger partial charge in [0, 0.05) is 12.2 Å². The van der Waals surface area contributed by atoms with Crippen LogP contribution in [0.1, 0.15) is 17.4 Å². The number of methoxy groups -OCH3 is 1. The number of amides is 1. The quantitative estimate of drug-likeness (QED) is 0.837. The number of rotatable bonds is 7. The smallest absolute Gasteiger partial charge is 0.274 e. The third kappa shape index (κ3) is 4.20. The van der Waals surface area contributed by atoms with E-state index in [1.807, 2.05) is 0 Å². The monoisotopic (exact) mass is 341 g/mol. The van der Waals surface area contributed by atoms with Crippen LogP contribution in [0.3, 0.4) is 0 Å². The Bertz CT molecular complexity index is 677. The SMILES string of the molecule is CCOC([18F])CNC(=O)c1ncoc1-c1ccc(OC)c(Cl)c1. The minimum absolute atomic E-state index is 0.0370. The zero-order valence-electron chi connectivity index (χ0n) is 12.6. The van der Waals surface area contributed by atoms with E-state index in [-0.39, 0.29) is 24.6 Å². The Labute approximate surface area is 137 Å². The summed E-state index contributed by atoms with van der Waals surface area (Å²) >= 11 is 6.06. The molecule has 1 N–H and O–H groups in total. The molecular weight excluding hydrogens is 326 g/mol. The van der Waals surface area contributed by atoms with Gasteiger partial charge in [-0.25, -0.2) is 9.37 Å². The topological polar surface area (TPSA) is 73.6 Å². The highest BCUT2D eigenvalue weighted by molar-refractivity contribution is 6.32. The van der Waals surface area contributed by atoms with E-state index in [0.717, 1.165) is 6.39 Å². The molecular formula is C15H16ClFN2O4. The Morgan fingerprint density at radius 1 is 1.52 bits per heavy atom. The predicted molar refractivity (Wildman–Crippen MR) is 82.4 cm³/mol. The highest BCUT2D eigenvalue weighted by Crippen LogP contribution is 2.31.